The van der Waals surface area contributed by atoms with E-state index in [-0.39, 0.29) is 17.9 Å². The molecule has 1 aromatic carbocycles. The second kappa shape index (κ2) is 8.54. The second-order valence-electron chi connectivity index (χ2n) is 7.05. The molecule has 1 atom stereocenters. The summed E-state index contributed by atoms with van der Waals surface area (Å²) in [5.74, 6) is 1.02. The Morgan fingerprint density at radius 2 is 2.12 bits per heavy atom. The summed E-state index contributed by atoms with van der Waals surface area (Å²) in [5.41, 5.74) is 1.23. The van der Waals surface area contributed by atoms with E-state index in [1.807, 2.05) is 13.8 Å². The zero-order valence-corrected chi connectivity index (χ0v) is 16.4. The van der Waals surface area contributed by atoms with Crippen LogP contribution in [0.2, 0.25) is 0 Å². The van der Waals surface area contributed by atoms with E-state index in [1.165, 1.54) is 5.56 Å². The normalized spacial score (nSPS) is 17.4. The summed E-state index contributed by atoms with van der Waals surface area (Å²) in [5, 5.41) is 3.93. The predicted octanol–water partition coefficient (Wildman–Crippen LogP) is 3.68. The first kappa shape index (κ1) is 18.7. The van der Waals surface area contributed by atoms with Gasteiger partial charge in [0.2, 0.25) is 5.91 Å². The summed E-state index contributed by atoms with van der Waals surface area (Å²) >= 11 is 1.63. The largest absolute Gasteiger partial charge is 0.354 e. The van der Waals surface area contributed by atoms with Crippen LogP contribution in [0.15, 0.2) is 46.6 Å². The Labute approximate surface area is 159 Å². The molecule has 1 N–H and O–H groups in total. The Kier molecular flexibility index (Phi) is 6.14. The lowest BCUT2D eigenvalue weighted by Gasteiger charge is -2.33. The van der Waals surface area contributed by atoms with E-state index in [9.17, 15) is 4.79 Å². The van der Waals surface area contributed by atoms with Crippen LogP contribution in [-0.2, 0) is 4.79 Å². The Balaban J connectivity index is 1.77. The molecule has 138 valence electrons. The van der Waals surface area contributed by atoms with E-state index >= 15 is 0 Å². The molecule has 0 spiro atoms. The number of anilines is 1. The molecule has 5 nitrogen and oxygen atoms in total. The molecule has 1 saturated heterocycles. The lowest BCUT2D eigenvalue weighted by molar-refractivity contribution is -0.125. The molecule has 3 rings (SSSR count). The van der Waals surface area contributed by atoms with Gasteiger partial charge in [0.15, 0.2) is 5.82 Å². The number of carbonyl (C=O) groups excluding carboxylic acids is 1. The number of aryl methyl sites for hydroxylation is 1. The molecule has 0 saturated carbocycles. The zero-order valence-electron chi connectivity index (χ0n) is 15.6. The fourth-order valence-electron chi connectivity index (χ4n) is 3.18. The third-order valence-corrected chi connectivity index (χ3v) is 5.34. The third kappa shape index (κ3) is 4.75. The third-order valence-electron chi connectivity index (χ3n) is 4.37. The number of nitrogens with one attached hydrogen (secondary N) is 1. The lowest BCUT2D eigenvalue weighted by Crippen LogP contribution is -2.45. The van der Waals surface area contributed by atoms with Gasteiger partial charge >= 0.3 is 0 Å². The van der Waals surface area contributed by atoms with Crippen molar-refractivity contribution in [1.29, 1.82) is 0 Å². The van der Waals surface area contributed by atoms with Gasteiger partial charge in [-0.25, -0.2) is 9.97 Å². The van der Waals surface area contributed by atoms with Gasteiger partial charge in [-0.2, -0.15) is 0 Å². The highest BCUT2D eigenvalue weighted by Gasteiger charge is 2.28. The first-order valence-electron chi connectivity index (χ1n) is 9.14. The summed E-state index contributed by atoms with van der Waals surface area (Å²) in [4.78, 5) is 24.9. The van der Waals surface area contributed by atoms with Gasteiger partial charge in [0.05, 0.1) is 5.92 Å². The van der Waals surface area contributed by atoms with Gasteiger partial charge in [0.1, 0.15) is 5.03 Å². The highest BCUT2D eigenvalue weighted by molar-refractivity contribution is 7.99. The van der Waals surface area contributed by atoms with Crippen molar-refractivity contribution >= 4 is 23.5 Å². The molecule has 0 bridgehead atoms. The van der Waals surface area contributed by atoms with Crippen molar-refractivity contribution in [2.45, 2.75) is 49.6 Å². The van der Waals surface area contributed by atoms with Crippen molar-refractivity contribution in [3.8, 4) is 0 Å². The maximum atomic E-state index is 12.4. The van der Waals surface area contributed by atoms with E-state index in [0.29, 0.717) is 6.54 Å². The van der Waals surface area contributed by atoms with Crippen LogP contribution in [0.25, 0.3) is 0 Å². The fraction of sp³-hybridized carbons (Fsp3) is 0.450. The van der Waals surface area contributed by atoms with Crippen molar-refractivity contribution in [3.05, 3.63) is 42.2 Å². The monoisotopic (exact) mass is 370 g/mol. The first-order valence-corrected chi connectivity index (χ1v) is 9.95. The zero-order chi connectivity index (χ0) is 18.5. The molecule has 26 heavy (non-hydrogen) atoms. The molecule has 1 fully saturated rings. The number of hydrogen-bond donors (Lipinski definition) is 1. The van der Waals surface area contributed by atoms with Crippen molar-refractivity contribution in [1.82, 2.24) is 15.3 Å². The average molecular weight is 371 g/mol. The summed E-state index contributed by atoms with van der Waals surface area (Å²) < 4.78 is 0. The maximum Gasteiger partial charge on any atom is 0.225 e. The van der Waals surface area contributed by atoms with Crippen LogP contribution in [0.5, 0.6) is 0 Å². The smallest absolute Gasteiger partial charge is 0.225 e. The SMILES string of the molecule is Cc1cccc(Sc2nccnc2N2CCCC(C(=O)NC(C)C)C2)c1. The van der Waals surface area contributed by atoms with Crippen LogP contribution in [0.4, 0.5) is 5.82 Å². The Morgan fingerprint density at radius 3 is 2.88 bits per heavy atom. The minimum Gasteiger partial charge on any atom is -0.354 e. The topological polar surface area (TPSA) is 58.1 Å². The van der Waals surface area contributed by atoms with Crippen LogP contribution in [0.3, 0.4) is 0 Å². The molecule has 2 aromatic rings. The molecule has 1 aliphatic heterocycles. The number of hydrogen-bond acceptors (Lipinski definition) is 5. The van der Waals surface area contributed by atoms with Gasteiger partial charge < -0.3 is 10.2 Å². The van der Waals surface area contributed by atoms with E-state index in [2.05, 4.69) is 51.4 Å². The molecule has 1 aromatic heterocycles. The van der Waals surface area contributed by atoms with Gasteiger partial charge in [-0.3, -0.25) is 4.79 Å². The van der Waals surface area contributed by atoms with Crippen molar-refractivity contribution < 1.29 is 4.79 Å². The second-order valence-corrected chi connectivity index (χ2v) is 8.11. The number of nitrogens with zero attached hydrogens (tertiary/aromatic N) is 3. The average Bonchev–Trinajstić information content (AvgIpc) is 2.62. The molecule has 6 heteroatoms. The molecule has 2 heterocycles. The maximum absolute atomic E-state index is 12.4. The minimum absolute atomic E-state index is 0.00461. The highest BCUT2D eigenvalue weighted by Crippen LogP contribution is 2.34. The van der Waals surface area contributed by atoms with Gasteiger partial charge in [0.25, 0.3) is 0 Å². The van der Waals surface area contributed by atoms with Gasteiger partial charge in [0, 0.05) is 36.4 Å². The van der Waals surface area contributed by atoms with Crippen molar-refractivity contribution in [3.63, 3.8) is 0 Å². The first-order chi connectivity index (χ1) is 12.5. The summed E-state index contributed by atoms with van der Waals surface area (Å²) in [6.07, 6.45) is 5.37. The van der Waals surface area contributed by atoms with Crippen LogP contribution < -0.4 is 10.2 Å². The molecule has 1 unspecified atom stereocenters. The predicted molar refractivity (Wildman–Crippen MR) is 106 cm³/mol. The van der Waals surface area contributed by atoms with Gasteiger partial charge in [-0.05, 0) is 45.7 Å². The molecule has 1 amide bonds. The standard InChI is InChI=1S/C20H26N4OS/c1-14(2)23-19(25)16-7-5-11-24(13-16)18-20(22-10-9-21-18)26-17-8-4-6-15(3)12-17/h4,6,8-10,12,14,16H,5,7,11,13H2,1-3H3,(H,23,25). The Morgan fingerprint density at radius 1 is 1.31 bits per heavy atom. The summed E-state index contributed by atoms with van der Waals surface area (Å²) in [6, 6.07) is 8.55. The van der Waals surface area contributed by atoms with Crippen molar-refractivity contribution in [2.24, 2.45) is 5.92 Å². The van der Waals surface area contributed by atoms with Crippen LogP contribution in [0, 0.1) is 12.8 Å². The lowest BCUT2D eigenvalue weighted by atomic mass is 9.97. The Bertz CT molecular complexity index is 765. The van der Waals surface area contributed by atoms with Crippen molar-refractivity contribution in [2.75, 3.05) is 18.0 Å². The van der Waals surface area contributed by atoms with E-state index in [4.69, 9.17) is 0 Å². The minimum atomic E-state index is 0.00461. The number of carbonyl (C=O) groups is 1. The number of rotatable bonds is 5. The molecule has 0 radical (unpaired) electrons. The van der Waals surface area contributed by atoms with E-state index in [0.717, 1.165) is 35.1 Å². The number of aromatic nitrogens is 2. The number of amides is 1. The molecule has 1 aliphatic rings. The summed E-state index contributed by atoms with van der Waals surface area (Å²) in [6.45, 7) is 7.68. The summed E-state index contributed by atoms with van der Waals surface area (Å²) in [7, 11) is 0. The van der Waals surface area contributed by atoms with Crippen LogP contribution >= 0.6 is 11.8 Å². The molecular formula is C20H26N4OS. The van der Waals surface area contributed by atoms with E-state index < -0.39 is 0 Å². The number of benzene rings is 1. The van der Waals surface area contributed by atoms with Gasteiger partial charge in [-0.1, -0.05) is 29.5 Å². The number of piperidine rings is 1. The quantitative estimate of drug-likeness (QED) is 0.870. The highest BCUT2D eigenvalue weighted by atomic mass is 32.2. The molecule has 0 aliphatic carbocycles. The van der Waals surface area contributed by atoms with E-state index in [1.54, 1.807) is 24.2 Å². The Hall–Kier alpha value is -2.08. The van der Waals surface area contributed by atoms with Crippen LogP contribution in [0.1, 0.15) is 32.3 Å². The fourth-order valence-corrected chi connectivity index (χ4v) is 4.18. The van der Waals surface area contributed by atoms with Crippen LogP contribution in [-0.4, -0.2) is 35.0 Å². The molecular weight excluding hydrogens is 344 g/mol. The van der Waals surface area contributed by atoms with Gasteiger partial charge in [-0.15, -0.1) is 0 Å².